The highest BCUT2D eigenvalue weighted by Crippen LogP contribution is 2.32. The van der Waals surface area contributed by atoms with Crippen LogP contribution in [0, 0.1) is 5.92 Å². The van der Waals surface area contributed by atoms with Crippen LogP contribution in [0.4, 0.5) is 13.2 Å². The van der Waals surface area contributed by atoms with Crippen molar-refractivity contribution in [3.63, 3.8) is 0 Å². The number of benzene rings is 1. The molecule has 0 bridgehead atoms. The number of carboxylic acids is 1. The summed E-state index contributed by atoms with van der Waals surface area (Å²) in [7, 11) is 0. The minimum atomic E-state index is -4.36. The molecule has 30 heavy (non-hydrogen) atoms. The van der Waals surface area contributed by atoms with Gasteiger partial charge in [0.2, 0.25) is 0 Å². The summed E-state index contributed by atoms with van der Waals surface area (Å²) in [6.07, 6.45) is 5.32. The Hall–Kier alpha value is -1.86. The van der Waals surface area contributed by atoms with E-state index in [1.54, 1.807) is 6.07 Å². The van der Waals surface area contributed by atoms with Crippen molar-refractivity contribution in [3.8, 4) is 0 Å². The first kappa shape index (κ1) is 24.4. The normalized spacial score (nSPS) is 20.7. The summed E-state index contributed by atoms with van der Waals surface area (Å²) in [5.74, 6) is -0.393. The Kier molecular flexibility index (Phi) is 9.85. The van der Waals surface area contributed by atoms with E-state index >= 15 is 0 Å². The number of alkyl halides is 3. The number of aliphatic carboxylic acids is 1. The molecule has 0 amide bonds. The molecule has 0 saturated heterocycles. The Morgan fingerprint density at radius 3 is 2.80 bits per heavy atom. The average molecular weight is 428 g/mol. The number of ether oxygens (including phenoxy) is 1. The van der Waals surface area contributed by atoms with Crippen molar-refractivity contribution >= 4 is 5.97 Å². The third-order valence-corrected chi connectivity index (χ3v) is 5.48. The van der Waals surface area contributed by atoms with E-state index in [0.717, 1.165) is 44.2 Å². The zero-order valence-corrected chi connectivity index (χ0v) is 17.1. The van der Waals surface area contributed by atoms with Gasteiger partial charge in [-0.3, -0.25) is 4.79 Å². The van der Waals surface area contributed by atoms with Crippen LogP contribution in [0.1, 0.15) is 62.5 Å². The lowest BCUT2D eigenvalue weighted by Crippen LogP contribution is -2.24. The van der Waals surface area contributed by atoms with Gasteiger partial charge < -0.3 is 14.9 Å². The van der Waals surface area contributed by atoms with Gasteiger partial charge >= 0.3 is 12.1 Å². The molecule has 2 rings (SSSR count). The second-order valence-electron chi connectivity index (χ2n) is 7.95. The van der Waals surface area contributed by atoms with E-state index in [4.69, 9.17) is 9.84 Å². The fourth-order valence-electron chi connectivity index (χ4n) is 3.81. The van der Waals surface area contributed by atoms with Gasteiger partial charge in [-0.15, -0.1) is 0 Å². The molecule has 0 unspecified atom stereocenters. The first-order chi connectivity index (χ1) is 14.3. The first-order valence-electron chi connectivity index (χ1n) is 10.6. The van der Waals surface area contributed by atoms with E-state index in [0.29, 0.717) is 30.7 Å². The number of rotatable bonds is 12. The lowest BCUT2D eigenvalue weighted by Gasteiger charge is -2.21. The number of unbranched alkanes of at least 4 members (excludes halogenated alkanes) is 1. The number of carboxylic acid groups (broad SMARTS) is 1. The van der Waals surface area contributed by atoms with Crippen LogP contribution in [-0.4, -0.2) is 35.0 Å². The summed E-state index contributed by atoms with van der Waals surface area (Å²) in [6.45, 7) is 0.183. The maximum absolute atomic E-state index is 12.8. The molecule has 7 heteroatoms. The standard InChI is InChI=1S/C23H31F3O4/c24-23(25,26)19-10-5-7-17(15-19)13-14-20(27)16-30-21-11-6-9-18(21)8-3-1-2-4-12-22(28)29/h1,3,5,7,10,15,18,20-21,27H,2,4,6,8-9,11-14,16H2,(H,28,29)/b3-1-/t18-,20+,21-/m0/s1. The number of aryl methyl sites for hydroxylation is 1. The number of aliphatic hydroxyl groups is 1. The monoisotopic (exact) mass is 428 g/mol. The van der Waals surface area contributed by atoms with Crippen LogP contribution in [0.2, 0.25) is 0 Å². The summed E-state index contributed by atoms with van der Waals surface area (Å²) in [6, 6.07) is 5.20. The van der Waals surface area contributed by atoms with Crippen LogP contribution in [-0.2, 0) is 22.1 Å². The van der Waals surface area contributed by atoms with Crippen molar-refractivity contribution in [1.29, 1.82) is 0 Å². The number of halogens is 3. The Morgan fingerprint density at radius 2 is 2.07 bits per heavy atom. The van der Waals surface area contributed by atoms with Gasteiger partial charge in [-0.2, -0.15) is 13.2 Å². The van der Waals surface area contributed by atoms with Crippen molar-refractivity contribution < 1.29 is 32.9 Å². The molecule has 1 aromatic rings. The molecule has 1 aromatic carbocycles. The van der Waals surface area contributed by atoms with Crippen molar-refractivity contribution in [2.24, 2.45) is 5.92 Å². The number of hydrogen-bond acceptors (Lipinski definition) is 3. The van der Waals surface area contributed by atoms with Crippen molar-refractivity contribution in [2.75, 3.05) is 6.61 Å². The van der Waals surface area contributed by atoms with E-state index < -0.39 is 23.8 Å². The molecule has 2 N–H and O–H groups in total. The summed E-state index contributed by atoms with van der Waals surface area (Å²) in [4.78, 5) is 10.5. The van der Waals surface area contributed by atoms with Crippen LogP contribution in [0.25, 0.3) is 0 Å². The zero-order valence-electron chi connectivity index (χ0n) is 17.1. The quantitative estimate of drug-likeness (QED) is 0.346. The first-order valence-corrected chi connectivity index (χ1v) is 10.6. The molecule has 1 fully saturated rings. The second-order valence-corrected chi connectivity index (χ2v) is 7.95. The molecule has 0 aliphatic heterocycles. The lowest BCUT2D eigenvalue weighted by molar-refractivity contribution is -0.138. The summed E-state index contributed by atoms with van der Waals surface area (Å²) < 4.78 is 44.3. The molecule has 1 aliphatic carbocycles. The second kappa shape index (κ2) is 12.1. The van der Waals surface area contributed by atoms with Gasteiger partial charge in [0.05, 0.1) is 24.4 Å². The number of carbonyl (C=O) groups is 1. The van der Waals surface area contributed by atoms with E-state index in [-0.39, 0.29) is 19.1 Å². The number of hydrogen-bond donors (Lipinski definition) is 2. The largest absolute Gasteiger partial charge is 0.481 e. The molecule has 0 radical (unpaired) electrons. The van der Waals surface area contributed by atoms with Gasteiger partial charge in [0.15, 0.2) is 0 Å². The van der Waals surface area contributed by atoms with Gasteiger partial charge in [0.25, 0.3) is 0 Å². The van der Waals surface area contributed by atoms with Crippen LogP contribution in [0.3, 0.4) is 0 Å². The van der Waals surface area contributed by atoms with Crippen LogP contribution < -0.4 is 0 Å². The fraction of sp³-hybridized carbons (Fsp3) is 0.609. The van der Waals surface area contributed by atoms with Gasteiger partial charge in [-0.1, -0.05) is 36.8 Å². The predicted molar refractivity (Wildman–Crippen MR) is 108 cm³/mol. The van der Waals surface area contributed by atoms with Gasteiger partial charge in [0, 0.05) is 6.42 Å². The molecule has 4 nitrogen and oxygen atoms in total. The maximum Gasteiger partial charge on any atom is 0.416 e. The van der Waals surface area contributed by atoms with Crippen molar-refractivity contribution in [3.05, 3.63) is 47.5 Å². The smallest absolute Gasteiger partial charge is 0.416 e. The summed E-state index contributed by atoms with van der Waals surface area (Å²) >= 11 is 0. The topological polar surface area (TPSA) is 66.8 Å². The molecule has 168 valence electrons. The Labute approximate surface area is 175 Å². The zero-order chi connectivity index (χ0) is 22.0. The molecule has 1 saturated carbocycles. The van der Waals surface area contributed by atoms with E-state index in [1.807, 2.05) is 6.08 Å². The molecule has 0 spiro atoms. The van der Waals surface area contributed by atoms with Crippen molar-refractivity contribution in [2.45, 2.75) is 76.2 Å². The third kappa shape index (κ3) is 8.88. The lowest BCUT2D eigenvalue weighted by atomic mass is 10.0. The third-order valence-electron chi connectivity index (χ3n) is 5.48. The molecule has 0 heterocycles. The average Bonchev–Trinajstić information content (AvgIpc) is 3.14. The van der Waals surface area contributed by atoms with Gasteiger partial charge in [-0.25, -0.2) is 0 Å². The maximum atomic E-state index is 12.8. The molecule has 1 aliphatic rings. The molecule has 0 aromatic heterocycles. The van der Waals surface area contributed by atoms with Crippen LogP contribution in [0.15, 0.2) is 36.4 Å². The highest BCUT2D eigenvalue weighted by molar-refractivity contribution is 5.66. The minimum absolute atomic E-state index is 0.0804. The van der Waals surface area contributed by atoms with E-state index in [9.17, 15) is 23.1 Å². The molecular weight excluding hydrogens is 397 g/mol. The highest BCUT2D eigenvalue weighted by atomic mass is 19.4. The summed E-state index contributed by atoms with van der Waals surface area (Å²) in [5, 5.41) is 18.8. The predicted octanol–water partition coefficient (Wildman–Crippen LogP) is 5.39. The van der Waals surface area contributed by atoms with E-state index in [2.05, 4.69) is 6.08 Å². The molecule has 3 atom stereocenters. The van der Waals surface area contributed by atoms with Gasteiger partial charge in [0.1, 0.15) is 0 Å². The number of allylic oxidation sites excluding steroid dienone is 2. The Balaban J connectivity index is 1.69. The molecular formula is C23H31F3O4. The Bertz CT molecular complexity index is 687. The summed E-state index contributed by atoms with van der Waals surface area (Å²) in [5.41, 5.74) is -0.119. The Morgan fingerprint density at radius 1 is 1.27 bits per heavy atom. The number of aliphatic hydroxyl groups excluding tert-OH is 1. The van der Waals surface area contributed by atoms with Crippen molar-refractivity contribution in [1.82, 2.24) is 0 Å². The van der Waals surface area contributed by atoms with Crippen LogP contribution in [0.5, 0.6) is 0 Å². The highest BCUT2D eigenvalue weighted by Gasteiger charge is 2.30. The van der Waals surface area contributed by atoms with E-state index in [1.165, 1.54) is 6.07 Å². The SMILES string of the molecule is O=C(O)CCC/C=C\C[C@H]1CCC[C@@H]1OC[C@H](O)CCc1cccc(C(F)(F)F)c1. The fourth-order valence-corrected chi connectivity index (χ4v) is 3.81. The minimum Gasteiger partial charge on any atom is -0.481 e. The van der Waals surface area contributed by atoms with Crippen LogP contribution >= 0.6 is 0 Å². The van der Waals surface area contributed by atoms with Gasteiger partial charge in [-0.05, 0) is 62.5 Å².